The monoisotopic (exact) mass is 441 g/mol. The zero-order valence-corrected chi connectivity index (χ0v) is 18.1. The fourth-order valence-corrected chi connectivity index (χ4v) is 5.82. The third-order valence-electron chi connectivity index (χ3n) is 7.31. The Morgan fingerprint density at radius 3 is 2.59 bits per heavy atom. The number of halogens is 1. The largest absolute Gasteiger partial charge is 0.396 e. The Kier molecular flexibility index (Phi) is 5.61. The highest BCUT2D eigenvalue weighted by Gasteiger charge is 2.56. The lowest BCUT2D eigenvalue weighted by Gasteiger charge is -2.38. The summed E-state index contributed by atoms with van der Waals surface area (Å²) in [5.74, 6) is -1.13. The van der Waals surface area contributed by atoms with E-state index in [9.17, 15) is 19.1 Å². The van der Waals surface area contributed by atoms with Crippen molar-refractivity contribution in [2.75, 3.05) is 39.5 Å². The molecular formula is C24H28FN3O4. The van der Waals surface area contributed by atoms with E-state index in [4.69, 9.17) is 4.74 Å². The fourth-order valence-electron chi connectivity index (χ4n) is 5.82. The van der Waals surface area contributed by atoms with Crippen LogP contribution in [-0.2, 0) is 16.1 Å². The second kappa shape index (κ2) is 8.42. The van der Waals surface area contributed by atoms with Crippen LogP contribution in [0.2, 0.25) is 0 Å². The van der Waals surface area contributed by atoms with Crippen LogP contribution < -0.4 is 5.56 Å². The van der Waals surface area contributed by atoms with E-state index in [2.05, 4.69) is 4.90 Å². The summed E-state index contributed by atoms with van der Waals surface area (Å²) in [5.41, 5.74) is 1.09. The summed E-state index contributed by atoms with van der Waals surface area (Å²) in [6.07, 6.45) is 0. The summed E-state index contributed by atoms with van der Waals surface area (Å²) in [6, 6.07) is 9.36. The molecule has 2 bridgehead atoms. The van der Waals surface area contributed by atoms with Gasteiger partial charge in [0.1, 0.15) is 5.82 Å². The zero-order chi connectivity index (χ0) is 22.4. The molecule has 2 saturated heterocycles. The minimum Gasteiger partial charge on any atom is -0.396 e. The maximum Gasteiger partial charge on any atom is 0.258 e. The van der Waals surface area contributed by atoms with E-state index in [0.29, 0.717) is 45.0 Å². The van der Waals surface area contributed by atoms with Gasteiger partial charge in [-0.1, -0.05) is 25.1 Å². The Hall–Kier alpha value is -2.55. The number of morpholine rings is 1. The average Bonchev–Trinajstić information content (AvgIpc) is 3.05. The molecule has 1 aromatic carbocycles. The van der Waals surface area contributed by atoms with Crippen LogP contribution in [0.1, 0.15) is 18.7 Å². The fraction of sp³-hybridized carbons (Fsp3) is 0.500. The Bertz CT molecular complexity index is 1080. The molecule has 3 aliphatic heterocycles. The maximum atomic E-state index is 14.4. The first-order valence-corrected chi connectivity index (χ1v) is 11.3. The number of nitrogens with zero attached hydrogens (tertiary/aromatic N) is 3. The molecule has 0 radical (unpaired) electrons. The standard InChI is InChI=1S/C24H28FN3O4/c1-2-27-20-13-28-19(8-7-16(23(28)30)15-5-3-4-6-18(15)25)22(27)21(17(20)14-29)24(31)26-9-11-32-12-10-26/h3-8,17,20-22,29H,2,9-14H2,1H3/t17-,20-,21+,22+/m0/s1. The number of pyridine rings is 1. The lowest BCUT2D eigenvalue weighted by atomic mass is 9.86. The molecule has 0 spiro atoms. The van der Waals surface area contributed by atoms with Crippen LogP contribution in [0.5, 0.6) is 0 Å². The first-order chi connectivity index (χ1) is 15.6. The minimum absolute atomic E-state index is 0.0115. The minimum atomic E-state index is -0.437. The van der Waals surface area contributed by atoms with E-state index >= 15 is 0 Å². The van der Waals surface area contributed by atoms with Crippen LogP contribution in [0.3, 0.4) is 0 Å². The Morgan fingerprint density at radius 1 is 1.16 bits per heavy atom. The van der Waals surface area contributed by atoms with Gasteiger partial charge in [-0.15, -0.1) is 0 Å². The number of hydrogen-bond donors (Lipinski definition) is 1. The van der Waals surface area contributed by atoms with Crippen LogP contribution in [0.4, 0.5) is 4.39 Å². The van der Waals surface area contributed by atoms with Gasteiger partial charge >= 0.3 is 0 Å². The second-order valence-corrected chi connectivity index (χ2v) is 8.72. The average molecular weight is 442 g/mol. The number of fused-ring (bicyclic) bond motifs is 4. The van der Waals surface area contributed by atoms with Gasteiger partial charge in [0, 0.05) is 49.5 Å². The summed E-state index contributed by atoms with van der Waals surface area (Å²) in [7, 11) is 0. The van der Waals surface area contributed by atoms with Crippen molar-refractivity contribution >= 4 is 5.91 Å². The topological polar surface area (TPSA) is 75.0 Å². The molecule has 5 rings (SSSR count). The number of amides is 1. The van der Waals surface area contributed by atoms with E-state index in [-0.39, 0.29) is 41.6 Å². The van der Waals surface area contributed by atoms with E-state index < -0.39 is 11.7 Å². The summed E-state index contributed by atoms with van der Waals surface area (Å²) in [5, 5.41) is 10.3. The molecule has 7 nitrogen and oxygen atoms in total. The maximum absolute atomic E-state index is 14.4. The van der Waals surface area contributed by atoms with Crippen LogP contribution in [0.15, 0.2) is 41.2 Å². The van der Waals surface area contributed by atoms with Gasteiger partial charge in [-0.05, 0) is 24.7 Å². The van der Waals surface area contributed by atoms with E-state index in [1.807, 2.05) is 17.9 Å². The lowest BCUT2D eigenvalue weighted by Crippen LogP contribution is -2.47. The number of rotatable bonds is 4. The van der Waals surface area contributed by atoms with Gasteiger partial charge in [-0.3, -0.25) is 14.5 Å². The number of carbonyl (C=O) groups is 1. The van der Waals surface area contributed by atoms with Gasteiger partial charge in [0.2, 0.25) is 5.91 Å². The van der Waals surface area contributed by atoms with Crippen molar-refractivity contribution in [2.24, 2.45) is 11.8 Å². The third kappa shape index (κ3) is 3.20. The van der Waals surface area contributed by atoms with Crippen LogP contribution in [0.25, 0.3) is 11.1 Å². The molecule has 0 saturated carbocycles. The molecule has 1 N–H and O–H groups in total. The summed E-state index contributed by atoms with van der Waals surface area (Å²) in [4.78, 5) is 31.1. The van der Waals surface area contributed by atoms with E-state index in [0.717, 1.165) is 5.69 Å². The van der Waals surface area contributed by atoms with Crippen molar-refractivity contribution in [2.45, 2.75) is 25.6 Å². The van der Waals surface area contributed by atoms with Crippen molar-refractivity contribution in [1.82, 2.24) is 14.4 Å². The molecule has 0 aliphatic carbocycles. The SMILES string of the molecule is CCN1[C@@H]2c3ccc(-c4ccccc4F)c(=O)n3C[C@H]1[C@H](CO)[C@H]2C(=O)N1CCOCC1. The molecule has 170 valence electrons. The van der Waals surface area contributed by atoms with Gasteiger partial charge in [0.25, 0.3) is 5.56 Å². The molecule has 3 aliphatic rings. The predicted octanol–water partition coefficient (Wildman–Crippen LogP) is 1.50. The van der Waals surface area contributed by atoms with Crippen LogP contribution >= 0.6 is 0 Å². The molecule has 4 atom stereocenters. The van der Waals surface area contributed by atoms with Crippen molar-refractivity contribution < 1.29 is 19.0 Å². The Morgan fingerprint density at radius 2 is 1.91 bits per heavy atom. The molecular weight excluding hydrogens is 413 g/mol. The van der Waals surface area contributed by atoms with Gasteiger partial charge in [0.05, 0.1) is 30.7 Å². The normalized spacial score (nSPS) is 27.4. The van der Waals surface area contributed by atoms with E-state index in [1.54, 1.807) is 28.8 Å². The van der Waals surface area contributed by atoms with Crippen molar-refractivity contribution in [3.63, 3.8) is 0 Å². The first-order valence-electron chi connectivity index (χ1n) is 11.3. The first kappa shape index (κ1) is 21.3. The molecule has 2 fully saturated rings. The number of likely N-dealkylation sites (N-methyl/N-ethyl adjacent to an activating group) is 1. The summed E-state index contributed by atoms with van der Waals surface area (Å²) >= 11 is 0. The van der Waals surface area contributed by atoms with Gasteiger partial charge in [-0.2, -0.15) is 0 Å². The Labute approximate surface area is 186 Å². The van der Waals surface area contributed by atoms with Gasteiger partial charge < -0.3 is 19.3 Å². The Balaban J connectivity index is 1.60. The number of aliphatic hydroxyl groups is 1. The number of aliphatic hydroxyl groups excluding tert-OH is 1. The number of carbonyl (C=O) groups excluding carboxylic acids is 1. The molecule has 0 unspecified atom stereocenters. The molecule has 2 aromatic rings. The van der Waals surface area contributed by atoms with Crippen molar-refractivity contribution in [3.8, 4) is 11.1 Å². The second-order valence-electron chi connectivity index (χ2n) is 8.72. The third-order valence-corrected chi connectivity index (χ3v) is 7.31. The van der Waals surface area contributed by atoms with Crippen molar-refractivity contribution in [1.29, 1.82) is 0 Å². The number of benzene rings is 1. The quantitative estimate of drug-likeness (QED) is 0.778. The smallest absolute Gasteiger partial charge is 0.258 e. The predicted molar refractivity (Wildman–Crippen MR) is 116 cm³/mol. The highest BCUT2D eigenvalue weighted by atomic mass is 19.1. The highest BCUT2D eigenvalue weighted by Crippen LogP contribution is 2.48. The highest BCUT2D eigenvalue weighted by molar-refractivity contribution is 5.81. The molecule has 8 heteroatoms. The summed E-state index contributed by atoms with van der Waals surface area (Å²) < 4.78 is 21.5. The molecule has 4 heterocycles. The number of aromatic nitrogens is 1. The summed E-state index contributed by atoms with van der Waals surface area (Å²) in [6.45, 7) is 5.09. The molecule has 1 amide bonds. The van der Waals surface area contributed by atoms with Crippen LogP contribution in [0, 0.1) is 17.7 Å². The number of ether oxygens (including phenoxy) is 1. The van der Waals surface area contributed by atoms with Crippen LogP contribution in [-0.4, -0.2) is 70.9 Å². The number of hydrogen-bond acceptors (Lipinski definition) is 5. The van der Waals surface area contributed by atoms with Gasteiger partial charge in [0.15, 0.2) is 0 Å². The van der Waals surface area contributed by atoms with E-state index in [1.165, 1.54) is 6.07 Å². The lowest BCUT2D eigenvalue weighted by molar-refractivity contribution is -0.142. The zero-order valence-electron chi connectivity index (χ0n) is 18.1. The van der Waals surface area contributed by atoms with Gasteiger partial charge in [-0.25, -0.2) is 4.39 Å². The molecule has 1 aromatic heterocycles. The molecule has 32 heavy (non-hydrogen) atoms. The van der Waals surface area contributed by atoms with Crippen molar-refractivity contribution in [3.05, 3.63) is 58.3 Å².